The largest absolute Gasteiger partial charge is 0.468 e. The van der Waals surface area contributed by atoms with Gasteiger partial charge in [-0.25, -0.2) is 9.97 Å². The van der Waals surface area contributed by atoms with Gasteiger partial charge in [-0.05, 0) is 12.5 Å². The Balaban J connectivity index is 2.35. The Hall–Kier alpha value is -1.14. The van der Waals surface area contributed by atoms with Crippen LogP contribution in [0.1, 0.15) is 19.4 Å². The van der Waals surface area contributed by atoms with Crippen molar-refractivity contribution in [2.24, 2.45) is 5.92 Å². The van der Waals surface area contributed by atoms with Gasteiger partial charge in [0.2, 0.25) is 0 Å². The van der Waals surface area contributed by atoms with Crippen molar-refractivity contribution in [2.75, 3.05) is 19.4 Å². The number of hydrogen-bond acceptors (Lipinski definition) is 6. The Morgan fingerprint density at radius 1 is 1.44 bits per heavy atom. The van der Waals surface area contributed by atoms with Crippen LogP contribution in [0.5, 0.6) is 0 Å². The lowest BCUT2D eigenvalue weighted by Crippen LogP contribution is -2.19. The lowest BCUT2D eigenvalue weighted by Gasteiger charge is -2.07. The van der Waals surface area contributed by atoms with E-state index in [9.17, 15) is 4.79 Å². The molecule has 0 saturated carbocycles. The van der Waals surface area contributed by atoms with Gasteiger partial charge in [0.05, 0.1) is 12.9 Å². The molecule has 1 N–H and O–H groups in total. The second-order valence-electron chi connectivity index (χ2n) is 4.26. The maximum Gasteiger partial charge on any atom is 0.316 e. The second kappa shape index (κ2) is 8.05. The molecule has 1 aromatic rings. The van der Waals surface area contributed by atoms with Crippen molar-refractivity contribution in [3.8, 4) is 0 Å². The molecule has 0 amide bonds. The minimum Gasteiger partial charge on any atom is -0.468 e. The Morgan fingerprint density at radius 3 is 2.67 bits per heavy atom. The predicted octanol–water partition coefficient (Wildman–Crippen LogP) is 1.49. The zero-order chi connectivity index (χ0) is 13.4. The van der Waals surface area contributed by atoms with Gasteiger partial charge in [0.1, 0.15) is 0 Å². The van der Waals surface area contributed by atoms with E-state index in [4.69, 9.17) is 0 Å². The predicted molar refractivity (Wildman–Crippen MR) is 71.3 cm³/mol. The molecule has 0 unspecified atom stereocenters. The fourth-order valence-corrected chi connectivity index (χ4v) is 1.82. The Labute approximate surface area is 112 Å². The maximum atomic E-state index is 10.9. The number of ether oxygens (including phenoxy) is 1. The van der Waals surface area contributed by atoms with Crippen LogP contribution >= 0.6 is 11.8 Å². The number of nitrogens with zero attached hydrogens (tertiary/aromatic N) is 2. The highest BCUT2D eigenvalue weighted by atomic mass is 32.2. The lowest BCUT2D eigenvalue weighted by molar-refractivity contribution is -0.137. The maximum absolute atomic E-state index is 10.9. The van der Waals surface area contributed by atoms with Crippen molar-refractivity contribution in [1.29, 1.82) is 0 Å². The molecule has 0 aliphatic carbocycles. The molecular weight excluding hydrogens is 250 g/mol. The van der Waals surface area contributed by atoms with Gasteiger partial charge >= 0.3 is 5.97 Å². The fourth-order valence-electron chi connectivity index (χ4n) is 1.20. The van der Waals surface area contributed by atoms with Gasteiger partial charge < -0.3 is 10.1 Å². The summed E-state index contributed by atoms with van der Waals surface area (Å²) in [5.41, 5.74) is 1.04. The molecule has 0 spiro atoms. The van der Waals surface area contributed by atoms with Crippen LogP contribution in [-0.4, -0.2) is 35.3 Å². The molecule has 1 rings (SSSR count). The molecule has 0 aliphatic rings. The molecular formula is C12H19N3O2S. The number of aromatic nitrogens is 2. The zero-order valence-corrected chi connectivity index (χ0v) is 11.8. The van der Waals surface area contributed by atoms with Gasteiger partial charge in [0, 0.05) is 24.5 Å². The Kier molecular flexibility index (Phi) is 6.67. The standard InChI is InChI=1S/C12H19N3O2S/c1-9(2)4-13-5-10-6-14-12(15-7-10)18-8-11(16)17-3/h6-7,9,13H,4-5,8H2,1-3H3. The Morgan fingerprint density at radius 2 is 2.11 bits per heavy atom. The van der Waals surface area contributed by atoms with E-state index in [1.807, 2.05) is 0 Å². The molecule has 1 heterocycles. The van der Waals surface area contributed by atoms with Crippen LogP contribution < -0.4 is 5.32 Å². The van der Waals surface area contributed by atoms with E-state index < -0.39 is 0 Å². The van der Waals surface area contributed by atoms with Crippen LogP contribution in [0.2, 0.25) is 0 Å². The fraction of sp³-hybridized carbons (Fsp3) is 0.583. The topological polar surface area (TPSA) is 64.1 Å². The van der Waals surface area contributed by atoms with Gasteiger partial charge in [-0.1, -0.05) is 25.6 Å². The van der Waals surface area contributed by atoms with Gasteiger partial charge in [-0.2, -0.15) is 0 Å². The second-order valence-corrected chi connectivity index (χ2v) is 5.21. The number of nitrogens with one attached hydrogen (secondary N) is 1. The summed E-state index contributed by atoms with van der Waals surface area (Å²) in [6.45, 7) is 6.06. The molecule has 6 heteroatoms. The van der Waals surface area contributed by atoms with E-state index >= 15 is 0 Å². The Bertz CT molecular complexity index is 368. The van der Waals surface area contributed by atoms with E-state index in [1.54, 1.807) is 12.4 Å². The zero-order valence-electron chi connectivity index (χ0n) is 11.0. The smallest absolute Gasteiger partial charge is 0.316 e. The average Bonchev–Trinajstić information content (AvgIpc) is 2.37. The highest BCUT2D eigenvalue weighted by molar-refractivity contribution is 7.99. The SMILES string of the molecule is COC(=O)CSc1ncc(CNCC(C)C)cn1. The van der Waals surface area contributed by atoms with Gasteiger partial charge in [0.15, 0.2) is 5.16 Å². The first-order valence-electron chi connectivity index (χ1n) is 5.83. The monoisotopic (exact) mass is 269 g/mol. The van der Waals surface area contributed by atoms with Gasteiger partial charge in [-0.15, -0.1) is 0 Å². The van der Waals surface area contributed by atoms with E-state index in [0.29, 0.717) is 11.1 Å². The number of carbonyl (C=O) groups excluding carboxylic acids is 1. The molecule has 0 aliphatic heterocycles. The third-order valence-corrected chi connectivity index (χ3v) is 2.96. The number of thioether (sulfide) groups is 1. The first-order chi connectivity index (χ1) is 8.61. The molecule has 0 atom stereocenters. The molecule has 0 saturated heterocycles. The van der Waals surface area contributed by atoms with Crippen molar-refractivity contribution in [3.05, 3.63) is 18.0 Å². The third kappa shape index (κ3) is 5.97. The van der Waals surface area contributed by atoms with Crippen molar-refractivity contribution in [2.45, 2.75) is 25.5 Å². The lowest BCUT2D eigenvalue weighted by atomic mass is 10.2. The molecule has 0 bridgehead atoms. The van der Waals surface area contributed by atoms with Crippen molar-refractivity contribution >= 4 is 17.7 Å². The molecule has 0 fully saturated rings. The quantitative estimate of drug-likeness (QED) is 0.459. The normalized spacial score (nSPS) is 10.7. The molecule has 0 aromatic carbocycles. The minimum absolute atomic E-state index is 0.238. The molecule has 5 nitrogen and oxygen atoms in total. The van der Waals surface area contributed by atoms with Crippen LogP contribution in [-0.2, 0) is 16.1 Å². The van der Waals surface area contributed by atoms with Crippen molar-refractivity contribution < 1.29 is 9.53 Å². The number of hydrogen-bond donors (Lipinski definition) is 1. The summed E-state index contributed by atoms with van der Waals surface area (Å²) < 4.78 is 4.55. The summed E-state index contributed by atoms with van der Waals surface area (Å²) >= 11 is 1.27. The highest BCUT2D eigenvalue weighted by Crippen LogP contribution is 2.11. The van der Waals surface area contributed by atoms with Crippen LogP contribution in [0.25, 0.3) is 0 Å². The van der Waals surface area contributed by atoms with Gasteiger partial charge in [-0.3, -0.25) is 4.79 Å². The number of methoxy groups -OCH3 is 1. The van der Waals surface area contributed by atoms with Crippen LogP contribution in [0.15, 0.2) is 17.6 Å². The molecule has 18 heavy (non-hydrogen) atoms. The molecule has 0 radical (unpaired) electrons. The first-order valence-corrected chi connectivity index (χ1v) is 6.81. The van der Waals surface area contributed by atoms with E-state index in [0.717, 1.165) is 18.7 Å². The van der Waals surface area contributed by atoms with Crippen molar-refractivity contribution in [1.82, 2.24) is 15.3 Å². The number of esters is 1. The summed E-state index contributed by atoms with van der Waals surface area (Å²) in [7, 11) is 1.37. The van der Waals surface area contributed by atoms with Crippen LogP contribution in [0.3, 0.4) is 0 Å². The number of carbonyl (C=O) groups is 1. The number of rotatable bonds is 7. The molecule has 100 valence electrons. The first kappa shape index (κ1) is 14.9. The summed E-state index contributed by atoms with van der Waals surface area (Å²) in [5, 5.41) is 3.91. The highest BCUT2D eigenvalue weighted by Gasteiger charge is 2.04. The minimum atomic E-state index is -0.272. The van der Waals surface area contributed by atoms with Gasteiger partial charge in [0.25, 0.3) is 0 Å². The van der Waals surface area contributed by atoms with E-state index in [-0.39, 0.29) is 11.7 Å². The summed E-state index contributed by atoms with van der Waals surface area (Å²) in [4.78, 5) is 19.3. The average molecular weight is 269 g/mol. The summed E-state index contributed by atoms with van der Waals surface area (Å²) in [6, 6.07) is 0. The van der Waals surface area contributed by atoms with Crippen LogP contribution in [0.4, 0.5) is 0 Å². The van der Waals surface area contributed by atoms with E-state index in [2.05, 4.69) is 33.9 Å². The third-order valence-electron chi connectivity index (χ3n) is 2.11. The van der Waals surface area contributed by atoms with E-state index in [1.165, 1.54) is 18.9 Å². The summed E-state index contributed by atoms with van der Waals surface area (Å²) in [5.74, 6) is 0.591. The van der Waals surface area contributed by atoms with Crippen LogP contribution in [0, 0.1) is 5.92 Å². The molecule has 1 aromatic heterocycles. The summed E-state index contributed by atoms with van der Waals surface area (Å²) in [6.07, 6.45) is 3.56. The van der Waals surface area contributed by atoms with Crippen molar-refractivity contribution in [3.63, 3.8) is 0 Å².